The third kappa shape index (κ3) is 4.22. The highest BCUT2D eigenvalue weighted by Gasteiger charge is 2.13. The van der Waals surface area contributed by atoms with Gasteiger partial charge in [-0.1, -0.05) is 61.7 Å². The van der Waals surface area contributed by atoms with E-state index >= 15 is 0 Å². The van der Waals surface area contributed by atoms with Crippen molar-refractivity contribution < 1.29 is 0 Å². The van der Waals surface area contributed by atoms with Crippen molar-refractivity contribution in [2.75, 3.05) is 5.88 Å². The monoisotopic (exact) mass is 420 g/mol. The van der Waals surface area contributed by atoms with Gasteiger partial charge in [0.25, 0.3) is 0 Å². The minimum absolute atomic E-state index is 0.272. The van der Waals surface area contributed by atoms with Gasteiger partial charge in [0.05, 0.1) is 0 Å². The fourth-order valence-electron chi connectivity index (χ4n) is 1.95. The molecule has 100 valence electrons. The molecular formula is C15H12Br2Cl2. The number of hydrogen-bond acceptors (Lipinski definition) is 0. The summed E-state index contributed by atoms with van der Waals surface area (Å²) in [5, 5.41) is 0.779. The average Bonchev–Trinajstić information content (AvgIpc) is 2.39. The number of alkyl halides is 1. The molecule has 0 aromatic heterocycles. The van der Waals surface area contributed by atoms with Gasteiger partial charge in [-0.15, -0.1) is 11.6 Å². The maximum atomic E-state index is 6.26. The van der Waals surface area contributed by atoms with Crippen LogP contribution >= 0.6 is 55.1 Å². The van der Waals surface area contributed by atoms with E-state index in [1.54, 1.807) is 0 Å². The molecular weight excluding hydrogens is 411 g/mol. The van der Waals surface area contributed by atoms with E-state index in [0.717, 1.165) is 26.0 Å². The first-order chi connectivity index (χ1) is 9.10. The van der Waals surface area contributed by atoms with Crippen molar-refractivity contribution in [3.05, 3.63) is 67.6 Å². The van der Waals surface area contributed by atoms with Crippen LogP contribution in [-0.2, 0) is 6.42 Å². The maximum absolute atomic E-state index is 6.26. The van der Waals surface area contributed by atoms with Gasteiger partial charge in [-0.2, -0.15) is 0 Å². The molecule has 1 atom stereocenters. The SMILES string of the molecule is ClCC(Cc1ccc(Br)cc1Cl)c1ccc(Br)cc1. The molecule has 0 nitrogen and oxygen atoms in total. The zero-order valence-electron chi connectivity index (χ0n) is 10.0. The highest BCUT2D eigenvalue weighted by molar-refractivity contribution is 9.10. The van der Waals surface area contributed by atoms with Gasteiger partial charge < -0.3 is 0 Å². The van der Waals surface area contributed by atoms with Crippen molar-refractivity contribution >= 4 is 55.1 Å². The lowest BCUT2D eigenvalue weighted by Crippen LogP contribution is -2.05. The number of benzene rings is 2. The smallest absolute Gasteiger partial charge is 0.0449 e. The second-order valence-electron chi connectivity index (χ2n) is 4.34. The molecule has 0 N–H and O–H groups in total. The van der Waals surface area contributed by atoms with E-state index in [2.05, 4.69) is 44.0 Å². The van der Waals surface area contributed by atoms with Crippen LogP contribution in [0.15, 0.2) is 51.4 Å². The standard InChI is InChI=1S/C15H12Br2Cl2/c16-13-4-1-10(2-5-13)12(9-18)7-11-3-6-14(17)8-15(11)19/h1-6,8,12H,7,9H2. The third-order valence-electron chi connectivity index (χ3n) is 3.01. The van der Waals surface area contributed by atoms with Gasteiger partial charge in [0, 0.05) is 25.8 Å². The highest BCUT2D eigenvalue weighted by Crippen LogP contribution is 2.29. The third-order valence-corrected chi connectivity index (χ3v) is 4.76. The van der Waals surface area contributed by atoms with Crippen molar-refractivity contribution in [1.29, 1.82) is 0 Å². The summed E-state index contributed by atoms with van der Waals surface area (Å²) in [6.45, 7) is 0. The van der Waals surface area contributed by atoms with E-state index < -0.39 is 0 Å². The summed E-state index contributed by atoms with van der Waals surface area (Å²) in [4.78, 5) is 0. The molecule has 19 heavy (non-hydrogen) atoms. The Morgan fingerprint density at radius 2 is 1.58 bits per heavy atom. The van der Waals surface area contributed by atoms with Gasteiger partial charge >= 0.3 is 0 Å². The van der Waals surface area contributed by atoms with E-state index in [-0.39, 0.29) is 5.92 Å². The lowest BCUT2D eigenvalue weighted by molar-refractivity contribution is 0.766. The summed E-state index contributed by atoms with van der Waals surface area (Å²) in [5.41, 5.74) is 2.36. The zero-order chi connectivity index (χ0) is 13.8. The lowest BCUT2D eigenvalue weighted by atomic mass is 9.93. The number of halogens is 4. The van der Waals surface area contributed by atoms with Crippen molar-refractivity contribution in [2.24, 2.45) is 0 Å². The summed E-state index contributed by atoms with van der Waals surface area (Å²) in [7, 11) is 0. The normalized spacial score (nSPS) is 12.4. The summed E-state index contributed by atoms with van der Waals surface area (Å²) < 4.78 is 2.07. The fraction of sp³-hybridized carbons (Fsp3) is 0.200. The number of hydrogen-bond donors (Lipinski definition) is 0. The van der Waals surface area contributed by atoms with Gasteiger partial charge in [0.15, 0.2) is 0 Å². The van der Waals surface area contributed by atoms with Gasteiger partial charge in [-0.05, 0) is 41.8 Å². The molecule has 0 saturated heterocycles. The molecule has 1 unspecified atom stereocenters. The maximum Gasteiger partial charge on any atom is 0.0449 e. The Morgan fingerprint density at radius 3 is 2.16 bits per heavy atom. The van der Waals surface area contributed by atoms with Crippen LogP contribution in [0.4, 0.5) is 0 Å². The Labute approximate surface area is 140 Å². The van der Waals surface area contributed by atoms with E-state index in [9.17, 15) is 0 Å². The van der Waals surface area contributed by atoms with Crippen LogP contribution in [-0.4, -0.2) is 5.88 Å². The van der Waals surface area contributed by atoms with E-state index in [4.69, 9.17) is 23.2 Å². The van der Waals surface area contributed by atoms with Crippen molar-refractivity contribution in [3.8, 4) is 0 Å². The summed E-state index contributed by atoms with van der Waals surface area (Å²) in [6.07, 6.45) is 0.844. The largest absolute Gasteiger partial charge is 0.126 e. The summed E-state index contributed by atoms with van der Waals surface area (Å²) in [5.74, 6) is 0.849. The molecule has 2 rings (SSSR count). The predicted molar refractivity (Wildman–Crippen MR) is 90.5 cm³/mol. The Bertz CT molecular complexity index is 553. The minimum atomic E-state index is 0.272. The zero-order valence-corrected chi connectivity index (χ0v) is 14.7. The van der Waals surface area contributed by atoms with Crippen molar-refractivity contribution in [1.82, 2.24) is 0 Å². The average molecular weight is 423 g/mol. The van der Waals surface area contributed by atoms with Gasteiger partial charge in [-0.25, -0.2) is 0 Å². The quantitative estimate of drug-likeness (QED) is 0.498. The van der Waals surface area contributed by atoms with Gasteiger partial charge in [0.1, 0.15) is 0 Å². The molecule has 0 aliphatic heterocycles. The Kier molecular flexibility index (Phi) is 5.76. The Morgan fingerprint density at radius 1 is 0.947 bits per heavy atom. The van der Waals surface area contributed by atoms with E-state index in [1.807, 2.05) is 30.3 Å². The van der Waals surface area contributed by atoms with Crippen LogP contribution < -0.4 is 0 Å². The van der Waals surface area contributed by atoms with Crippen molar-refractivity contribution in [3.63, 3.8) is 0 Å². The van der Waals surface area contributed by atoms with E-state index in [0.29, 0.717) is 5.88 Å². The second-order valence-corrected chi connectivity index (χ2v) is 6.89. The molecule has 2 aromatic rings. The molecule has 0 aliphatic rings. The van der Waals surface area contributed by atoms with Crippen LogP contribution in [0.1, 0.15) is 17.0 Å². The molecule has 0 heterocycles. The Hall–Kier alpha value is -0.0200. The minimum Gasteiger partial charge on any atom is -0.126 e. The molecule has 0 bridgehead atoms. The van der Waals surface area contributed by atoms with Crippen LogP contribution in [0.5, 0.6) is 0 Å². The first kappa shape index (κ1) is 15.4. The molecule has 2 aromatic carbocycles. The predicted octanol–water partition coefficient (Wildman–Crippen LogP) is 6.43. The van der Waals surface area contributed by atoms with Crippen LogP contribution in [0, 0.1) is 0 Å². The highest BCUT2D eigenvalue weighted by atomic mass is 79.9. The molecule has 0 spiro atoms. The first-order valence-electron chi connectivity index (χ1n) is 5.85. The summed E-state index contributed by atoms with van der Waals surface area (Å²) in [6, 6.07) is 14.3. The molecule has 4 heteroatoms. The van der Waals surface area contributed by atoms with Gasteiger partial charge in [-0.3, -0.25) is 0 Å². The molecule has 0 aliphatic carbocycles. The van der Waals surface area contributed by atoms with Crippen LogP contribution in [0.2, 0.25) is 5.02 Å². The molecule has 0 amide bonds. The lowest BCUT2D eigenvalue weighted by Gasteiger charge is -2.15. The van der Waals surface area contributed by atoms with E-state index in [1.165, 1.54) is 5.56 Å². The molecule has 0 radical (unpaired) electrons. The van der Waals surface area contributed by atoms with Gasteiger partial charge in [0.2, 0.25) is 0 Å². The summed E-state index contributed by atoms with van der Waals surface area (Å²) >= 11 is 19.2. The van der Waals surface area contributed by atoms with Crippen LogP contribution in [0.3, 0.4) is 0 Å². The van der Waals surface area contributed by atoms with Crippen LogP contribution in [0.25, 0.3) is 0 Å². The molecule has 0 saturated carbocycles. The second kappa shape index (κ2) is 7.12. The first-order valence-corrected chi connectivity index (χ1v) is 8.35. The molecule has 0 fully saturated rings. The topological polar surface area (TPSA) is 0 Å². The van der Waals surface area contributed by atoms with Crippen molar-refractivity contribution in [2.45, 2.75) is 12.3 Å². The number of rotatable bonds is 4. The Balaban J connectivity index is 2.21. The fourth-order valence-corrected chi connectivity index (χ4v) is 3.25.